The quantitative estimate of drug-likeness (QED) is 0.588. The van der Waals surface area contributed by atoms with Gasteiger partial charge in [0.1, 0.15) is 6.10 Å². The van der Waals surface area contributed by atoms with Crippen molar-refractivity contribution >= 4 is 0 Å². The Bertz CT molecular complexity index is 759. The second kappa shape index (κ2) is 8.57. The molecule has 0 heterocycles. The minimum Gasteiger partial charge on any atom is -0.493 e. The summed E-state index contributed by atoms with van der Waals surface area (Å²) in [6, 6.07) is 16.9. The van der Waals surface area contributed by atoms with Crippen LogP contribution in [0.1, 0.15) is 43.7 Å². The SMILES string of the molecule is COc1ccccc1OC(CCNCC1Cc2ccccc2C1)CC1(C)CC1. The molecule has 1 fully saturated rings. The van der Waals surface area contributed by atoms with Crippen molar-refractivity contribution in [2.75, 3.05) is 20.2 Å². The summed E-state index contributed by atoms with van der Waals surface area (Å²) in [6.45, 7) is 4.48. The summed E-state index contributed by atoms with van der Waals surface area (Å²) >= 11 is 0. The Morgan fingerprint density at radius 2 is 1.64 bits per heavy atom. The average molecular weight is 380 g/mol. The average Bonchev–Trinajstić information content (AvgIpc) is 3.28. The number of hydrogen-bond donors (Lipinski definition) is 1. The first kappa shape index (κ1) is 19.3. The highest BCUT2D eigenvalue weighted by atomic mass is 16.5. The van der Waals surface area contributed by atoms with E-state index < -0.39 is 0 Å². The van der Waals surface area contributed by atoms with Gasteiger partial charge < -0.3 is 14.8 Å². The van der Waals surface area contributed by atoms with Gasteiger partial charge in [-0.2, -0.15) is 0 Å². The van der Waals surface area contributed by atoms with Crippen LogP contribution in [-0.4, -0.2) is 26.3 Å². The van der Waals surface area contributed by atoms with Gasteiger partial charge in [0.15, 0.2) is 11.5 Å². The smallest absolute Gasteiger partial charge is 0.161 e. The molecule has 0 saturated heterocycles. The first-order valence-electron chi connectivity index (χ1n) is 10.7. The highest BCUT2D eigenvalue weighted by Crippen LogP contribution is 2.49. The van der Waals surface area contributed by atoms with Gasteiger partial charge in [0.05, 0.1) is 7.11 Å². The second-order valence-electron chi connectivity index (χ2n) is 8.94. The molecule has 0 aliphatic heterocycles. The van der Waals surface area contributed by atoms with E-state index in [0.717, 1.165) is 43.3 Å². The van der Waals surface area contributed by atoms with Crippen LogP contribution in [0.2, 0.25) is 0 Å². The summed E-state index contributed by atoms with van der Waals surface area (Å²) in [5.74, 6) is 2.42. The van der Waals surface area contributed by atoms with E-state index in [1.807, 2.05) is 24.3 Å². The zero-order chi connectivity index (χ0) is 19.4. The molecule has 4 rings (SSSR count). The summed E-state index contributed by atoms with van der Waals surface area (Å²) in [7, 11) is 1.71. The normalized spacial score (nSPS) is 18.5. The van der Waals surface area contributed by atoms with Crippen LogP contribution in [0.3, 0.4) is 0 Å². The molecule has 0 radical (unpaired) electrons. The third-order valence-corrected chi connectivity index (χ3v) is 6.40. The van der Waals surface area contributed by atoms with Crippen LogP contribution in [-0.2, 0) is 12.8 Å². The number of ether oxygens (including phenoxy) is 2. The van der Waals surface area contributed by atoms with Gasteiger partial charge in [0.25, 0.3) is 0 Å². The standard InChI is InChI=1S/C25H33NO2/c1-25(12-13-25)17-22(28-24-10-6-5-9-23(24)27-2)11-14-26-18-19-15-20-7-3-4-8-21(20)16-19/h3-10,19,22,26H,11-18H2,1-2H3. The summed E-state index contributed by atoms with van der Waals surface area (Å²) in [5, 5.41) is 3.70. The lowest BCUT2D eigenvalue weighted by molar-refractivity contribution is 0.149. The maximum Gasteiger partial charge on any atom is 0.161 e. The molecule has 1 saturated carbocycles. The molecule has 3 nitrogen and oxygen atoms in total. The maximum atomic E-state index is 6.41. The van der Waals surface area contributed by atoms with Crippen molar-refractivity contribution in [2.45, 2.75) is 51.6 Å². The van der Waals surface area contributed by atoms with E-state index in [9.17, 15) is 0 Å². The lowest BCUT2D eigenvalue weighted by atomic mass is 9.98. The van der Waals surface area contributed by atoms with Crippen molar-refractivity contribution in [1.29, 1.82) is 0 Å². The molecule has 2 aliphatic rings. The Morgan fingerprint density at radius 1 is 1.00 bits per heavy atom. The van der Waals surface area contributed by atoms with Crippen molar-refractivity contribution in [3.8, 4) is 11.5 Å². The first-order valence-corrected chi connectivity index (χ1v) is 10.7. The summed E-state index contributed by atoms with van der Waals surface area (Å²) < 4.78 is 11.9. The van der Waals surface area contributed by atoms with Crippen molar-refractivity contribution in [1.82, 2.24) is 5.32 Å². The fourth-order valence-electron chi connectivity index (χ4n) is 4.43. The van der Waals surface area contributed by atoms with Crippen LogP contribution in [0.15, 0.2) is 48.5 Å². The van der Waals surface area contributed by atoms with Gasteiger partial charge in [-0.3, -0.25) is 0 Å². The van der Waals surface area contributed by atoms with Crippen molar-refractivity contribution < 1.29 is 9.47 Å². The zero-order valence-electron chi connectivity index (χ0n) is 17.2. The molecule has 0 amide bonds. The molecule has 0 aromatic heterocycles. The molecular formula is C25H33NO2. The molecule has 2 aliphatic carbocycles. The molecule has 150 valence electrons. The number of methoxy groups -OCH3 is 1. The van der Waals surface area contributed by atoms with E-state index in [-0.39, 0.29) is 6.10 Å². The van der Waals surface area contributed by atoms with Gasteiger partial charge in [-0.1, -0.05) is 43.3 Å². The lowest BCUT2D eigenvalue weighted by Gasteiger charge is -2.24. The maximum absolute atomic E-state index is 6.41. The van der Waals surface area contributed by atoms with E-state index in [4.69, 9.17) is 9.47 Å². The van der Waals surface area contributed by atoms with Gasteiger partial charge in [0, 0.05) is 0 Å². The fourth-order valence-corrected chi connectivity index (χ4v) is 4.43. The molecule has 28 heavy (non-hydrogen) atoms. The van der Waals surface area contributed by atoms with Crippen molar-refractivity contribution in [3.63, 3.8) is 0 Å². The van der Waals surface area contributed by atoms with E-state index in [2.05, 4.69) is 36.5 Å². The van der Waals surface area contributed by atoms with E-state index in [1.165, 1.54) is 36.8 Å². The molecule has 3 heteroatoms. The summed E-state index contributed by atoms with van der Waals surface area (Å²) in [5.41, 5.74) is 3.54. The van der Waals surface area contributed by atoms with Crippen LogP contribution in [0, 0.1) is 11.3 Å². The predicted octanol–water partition coefficient (Wildman–Crippen LogP) is 5.03. The topological polar surface area (TPSA) is 30.5 Å². The van der Waals surface area contributed by atoms with Gasteiger partial charge in [-0.05, 0) is 86.2 Å². The largest absolute Gasteiger partial charge is 0.493 e. The fraction of sp³-hybridized carbons (Fsp3) is 0.520. The number of fused-ring (bicyclic) bond motifs is 1. The van der Waals surface area contributed by atoms with Crippen LogP contribution >= 0.6 is 0 Å². The Labute approximate surface area is 169 Å². The molecule has 0 bridgehead atoms. The minimum absolute atomic E-state index is 0.233. The number of para-hydroxylation sites is 2. The van der Waals surface area contributed by atoms with Gasteiger partial charge >= 0.3 is 0 Å². The van der Waals surface area contributed by atoms with Crippen molar-refractivity contribution in [2.24, 2.45) is 11.3 Å². The monoisotopic (exact) mass is 379 g/mol. The number of nitrogens with one attached hydrogen (secondary N) is 1. The highest BCUT2D eigenvalue weighted by Gasteiger charge is 2.39. The Balaban J connectivity index is 1.27. The number of hydrogen-bond acceptors (Lipinski definition) is 3. The highest BCUT2D eigenvalue weighted by molar-refractivity contribution is 5.39. The van der Waals surface area contributed by atoms with Crippen LogP contribution in [0.5, 0.6) is 11.5 Å². The lowest BCUT2D eigenvalue weighted by Crippen LogP contribution is -2.29. The second-order valence-corrected chi connectivity index (χ2v) is 8.94. The van der Waals surface area contributed by atoms with Crippen LogP contribution < -0.4 is 14.8 Å². The Hall–Kier alpha value is -2.00. The van der Waals surface area contributed by atoms with Crippen LogP contribution in [0.4, 0.5) is 0 Å². The summed E-state index contributed by atoms with van der Waals surface area (Å²) in [4.78, 5) is 0. The van der Waals surface area contributed by atoms with Crippen LogP contribution in [0.25, 0.3) is 0 Å². The molecule has 2 aromatic carbocycles. The first-order chi connectivity index (χ1) is 13.6. The van der Waals surface area contributed by atoms with E-state index in [0.29, 0.717) is 5.41 Å². The molecule has 0 spiro atoms. The minimum atomic E-state index is 0.233. The van der Waals surface area contributed by atoms with E-state index in [1.54, 1.807) is 7.11 Å². The molecule has 1 unspecified atom stereocenters. The predicted molar refractivity (Wildman–Crippen MR) is 114 cm³/mol. The zero-order valence-corrected chi connectivity index (χ0v) is 17.2. The molecular weight excluding hydrogens is 346 g/mol. The van der Waals surface area contributed by atoms with Crippen molar-refractivity contribution in [3.05, 3.63) is 59.7 Å². The number of rotatable bonds is 10. The van der Waals surface area contributed by atoms with Gasteiger partial charge in [-0.15, -0.1) is 0 Å². The van der Waals surface area contributed by atoms with Gasteiger partial charge in [0.2, 0.25) is 0 Å². The molecule has 2 aromatic rings. The number of benzene rings is 2. The molecule has 1 atom stereocenters. The Kier molecular flexibility index (Phi) is 5.91. The third-order valence-electron chi connectivity index (χ3n) is 6.40. The summed E-state index contributed by atoms with van der Waals surface area (Å²) in [6.07, 6.45) is 7.47. The van der Waals surface area contributed by atoms with Gasteiger partial charge in [-0.25, -0.2) is 0 Å². The molecule has 1 N–H and O–H groups in total. The Morgan fingerprint density at radius 3 is 2.29 bits per heavy atom. The third kappa shape index (κ3) is 4.88. The van der Waals surface area contributed by atoms with E-state index >= 15 is 0 Å².